The molecule has 0 unspecified atom stereocenters. The molecule has 122 valence electrons. The number of ether oxygens (including phenoxy) is 1. The third kappa shape index (κ3) is 6.16. The highest BCUT2D eigenvalue weighted by atomic mass is 16.5. The summed E-state index contributed by atoms with van der Waals surface area (Å²) in [5.41, 5.74) is 0.920. The number of carbonyl (C=O) groups excluding carboxylic acids is 2. The number of alkyl carbamates (subject to hydrolysis) is 1. The Balaban J connectivity index is 1.56. The number of aromatic amines is 1. The molecule has 0 aliphatic heterocycles. The second kappa shape index (κ2) is 8.52. The summed E-state index contributed by atoms with van der Waals surface area (Å²) in [6.45, 7) is 2.32. The van der Waals surface area contributed by atoms with Crippen LogP contribution in [0.3, 0.4) is 0 Å². The molecule has 3 N–H and O–H groups in total. The highest BCUT2D eigenvalue weighted by Crippen LogP contribution is 2.01. The zero-order valence-electron chi connectivity index (χ0n) is 12.8. The van der Waals surface area contributed by atoms with Crippen molar-refractivity contribution in [2.45, 2.75) is 26.4 Å². The second-order valence-electron chi connectivity index (χ2n) is 4.88. The molecule has 8 nitrogen and oxygen atoms in total. The van der Waals surface area contributed by atoms with Crippen molar-refractivity contribution >= 4 is 17.9 Å². The van der Waals surface area contributed by atoms with Crippen LogP contribution in [0.2, 0.25) is 0 Å². The van der Waals surface area contributed by atoms with Gasteiger partial charge in [0.1, 0.15) is 12.4 Å². The number of hydrogen-bond donors (Lipinski definition) is 3. The van der Waals surface area contributed by atoms with E-state index < -0.39 is 6.09 Å². The Morgan fingerprint density at radius 1 is 1.26 bits per heavy atom. The van der Waals surface area contributed by atoms with E-state index in [0.717, 1.165) is 5.56 Å². The maximum absolute atomic E-state index is 11.6. The first-order valence-corrected chi connectivity index (χ1v) is 7.27. The Hall–Kier alpha value is -2.90. The largest absolute Gasteiger partial charge is 0.445 e. The summed E-state index contributed by atoms with van der Waals surface area (Å²) in [5, 5.41) is 11.6. The number of carbonyl (C=O) groups is 2. The van der Waals surface area contributed by atoms with E-state index in [2.05, 4.69) is 25.8 Å². The van der Waals surface area contributed by atoms with Gasteiger partial charge >= 0.3 is 6.09 Å². The second-order valence-corrected chi connectivity index (χ2v) is 4.88. The van der Waals surface area contributed by atoms with Gasteiger partial charge in [0, 0.05) is 13.0 Å². The molecule has 2 aromatic rings. The van der Waals surface area contributed by atoms with Gasteiger partial charge in [-0.05, 0) is 18.9 Å². The number of nitrogens with one attached hydrogen (secondary N) is 3. The van der Waals surface area contributed by atoms with Crippen LogP contribution in [0, 0.1) is 6.92 Å². The number of benzene rings is 1. The van der Waals surface area contributed by atoms with Gasteiger partial charge in [-0.15, -0.1) is 5.10 Å². The minimum atomic E-state index is -0.501. The Labute approximate surface area is 133 Å². The van der Waals surface area contributed by atoms with Crippen molar-refractivity contribution in [2.24, 2.45) is 0 Å². The molecule has 2 rings (SSSR count). The van der Waals surface area contributed by atoms with Crippen molar-refractivity contribution < 1.29 is 14.3 Å². The molecule has 0 saturated heterocycles. The van der Waals surface area contributed by atoms with Crippen LogP contribution in [0.4, 0.5) is 10.7 Å². The van der Waals surface area contributed by atoms with Crippen LogP contribution < -0.4 is 10.6 Å². The molecular formula is C15H19N5O3. The summed E-state index contributed by atoms with van der Waals surface area (Å²) in [6.07, 6.45) is 0.251. The van der Waals surface area contributed by atoms with E-state index in [4.69, 9.17) is 4.74 Å². The summed E-state index contributed by atoms with van der Waals surface area (Å²) >= 11 is 0. The van der Waals surface area contributed by atoms with Gasteiger partial charge in [0.15, 0.2) is 0 Å². The number of H-pyrrole nitrogens is 1. The zero-order valence-corrected chi connectivity index (χ0v) is 12.8. The first-order chi connectivity index (χ1) is 11.1. The fourth-order valence-corrected chi connectivity index (χ4v) is 1.80. The molecule has 0 atom stereocenters. The van der Waals surface area contributed by atoms with Gasteiger partial charge < -0.3 is 10.1 Å². The topological polar surface area (TPSA) is 109 Å². The van der Waals surface area contributed by atoms with Gasteiger partial charge in [-0.2, -0.15) is 4.98 Å². The highest BCUT2D eigenvalue weighted by Gasteiger charge is 2.07. The SMILES string of the molecule is Cc1nc(NC(=O)CCCNC(=O)OCc2ccccc2)n[nH]1. The minimum Gasteiger partial charge on any atom is -0.445 e. The van der Waals surface area contributed by atoms with Gasteiger partial charge in [0.05, 0.1) is 0 Å². The lowest BCUT2D eigenvalue weighted by molar-refractivity contribution is -0.116. The van der Waals surface area contributed by atoms with Crippen LogP contribution >= 0.6 is 0 Å². The Morgan fingerprint density at radius 2 is 2.04 bits per heavy atom. The predicted molar refractivity (Wildman–Crippen MR) is 83.6 cm³/mol. The van der Waals surface area contributed by atoms with E-state index in [0.29, 0.717) is 18.8 Å². The third-order valence-corrected chi connectivity index (χ3v) is 2.91. The maximum atomic E-state index is 11.6. The predicted octanol–water partition coefficient (Wildman–Crippen LogP) is 1.76. The highest BCUT2D eigenvalue weighted by molar-refractivity contribution is 5.88. The van der Waals surface area contributed by atoms with Crippen LogP contribution in [0.15, 0.2) is 30.3 Å². The van der Waals surface area contributed by atoms with E-state index in [1.54, 1.807) is 6.92 Å². The molecule has 2 amide bonds. The lowest BCUT2D eigenvalue weighted by Gasteiger charge is -2.07. The molecule has 0 aliphatic rings. The van der Waals surface area contributed by atoms with Crippen molar-refractivity contribution in [3.63, 3.8) is 0 Å². The monoisotopic (exact) mass is 317 g/mol. The molecule has 0 fully saturated rings. The average molecular weight is 317 g/mol. The third-order valence-electron chi connectivity index (χ3n) is 2.91. The first kappa shape index (κ1) is 16.5. The number of amides is 2. The summed E-state index contributed by atoms with van der Waals surface area (Å²) in [6, 6.07) is 9.41. The minimum absolute atomic E-state index is 0.205. The molecule has 1 heterocycles. The number of aryl methyl sites for hydroxylation is 1. The number of nitrogens with zero attached hydrogens (tertiary/aromatic N) is 2. The summed E-state index contributed by atoms with van der Waals surface area (Å²) in [7, 11) is 0. The van der Waals surface area contributed by atoms with Gasteiger partial charge in [-0.25, -0.2) is 4.79 Å². The van der Waals surface area contributed by atoms with Crippen molar-refractivity contribution in [1.82, 2.24) is 20.5 Å². The molecule has 0 spiro atoms. The zero-order chi connectivity index (χ0) is 16.5. The van der Waals surface area contributed by atoms with Gasteiger partial charge in [0.25, 0.3) is 0 Å². The molecule has 0 saturated carbocycles. The lowest BCUT2D eigenvalue weighted by atomic mass is 10.2. The Kier molecular flexibility index (Phi) is 6.10. The fraction of sp³-hybridized carbons (Fsp3) is 0.333. The quantitative estimate of drug-likeness (QED) is 0.674. The fourth-order valence-electron chi connectivity index (χ4n) is 1.80. The number of hydrogen-bond acceptors (Lipinski definition) is 5. The molecular weight excluding hydrogens is 298 g/mol. The molecule has 1 aromatic heterocycles. The van der Waals surface area contributed by atoms with E-state index >= 15 is 0 Å². The standard InChI is InChI=1S/C15H19N5O3/c1-11-17-14(20-19-11)18-13(21)8-5-9-16-15(22)23-10-12-6-3-2-4-7-12/h2-4,6-7H,5,8-10H2,1H3,(H,16,22)(H2,17,18,19,20,21). The molecule has 23 heavy (non-hydrogen) atoms. The normalized spacial score (nSPS) is 10.1. The Morgan fingerprint density at radius 3 is 2.74 bits per heavy atom. The van der Waals surface area contributed by atoms with E-state index in [-0.39, 0.29) is 24.9 Å². The van der Waals surface area contributed by atoms with E-state index in [1.165, 1.54) is 0 Å². The lowest BCUT2D eigenvalue weighted by Crippen LogP contribution is -2.26. The van der Waals surface area contributed by atoms with Crippen LogP contribution in [-0.4, -0.2) is 33.7 Å². The van der Waals surface area contributed by atoms with Gasteiger partial charge in [0.2, 0.25) is 11.9 Å². The summed E-state index contributed by atoms with van der Waals surface area (Å²) in [4.78, 5) is 27.1. The molecule has 8 heteroatoms. The van der Waals surface area contributed by atoms with Crippen LogP contribution in [0.5, 0.6) is 0 Å². The van der Waals surface area contributed by atoms with Crippen LogP contribution in [0.1, 0.15) is 24.2 Å². The Bertz CT molecular complexity index is 642. The summed E-state index contributed by atoms with van der Waals surface area (Å²) < 4.78 is 5.06. The molecule has 0 aliphatic carbocycles. The van der Waals surface area contributed by atoms with Crippen LogP contribution in [0.25, 0.3) is 0 Å². The molecule has 0 bridgehead atoms. The smallest absolute Gasteiger partial charge is 0.407 e. The molecule has 1 aromatic carbocycles. The van der Waals surface area contributed by atoms with Crippen molar-refractivity contribution in [2.75, 3.05) is 11.9 Å². The number of anilines is 1. The van der Waals surface area contributed by atoms with E-state index in [1.807, 2.05) is 30.3 Å². The van der Waals surface area contributed by atoms with E-state index in [9.17, 15) is 9.59 Å². The first-order valence-electron chi connectivity index (χ1n) is 7.27. The average Bonchev–Trinajstić information content (AvgIpc) is 2.95. The summed E-state index contributed by atoms with van der Waals surface area (Å²) in [5.74, 6) is 0.675. The van der Waals surface area contributed by atoms with Crippen molar-refractivity contribution in [3.8, 4) is 0 Å². The maximum Gasteiger partial charge on any atom is 0.407 e. The molecule has 0 radical (unpaired) electrons. The number of rotatable bonds is 7. The van der Waals surface area contributed by atoms with Gasteiger partial charge in [-0.3, -0.25) is 15.2 Å². The van der Waals surface area contributed by atoms with Crippen molar-refractivity contribution in [1.29, 1.82) is 0 Å². The van der Waals surface area contributed by atoms with Crippen molar-refractivity contribution in [3.05, 3.63) is 41.7 Å². The number of aromatic nitrogens is 3. The van der Waals surface area contributed by atoms with Gasteiger partial charge in [-0.1, -0.05) is 30.3 Å². The van der Waals surface area contributed by atoms with Crippen LogP contribution in [-0.2, 0) is 16.1 Å².